The van der Waals surface area contributed by atoms with E-state index in [9.17, 15) is 14.4 Å². The Kier molecular flexibility index (Phi) is 6.87. The molecule has 0 aliphatic heterocycles. The number of carboxylic acids is 1. The van der Waals surface area contributed by atoms with Gasteiger partial charge in [0, 0.05) is 0 Å². The number of aliphatic carboxylic acids is 1. The summed E-state index contributed by atoms with van der Waals surface area (Å²) >= 11 is 0. The number of carbonyl (C=O) groups excluding carboxylic acids is 2. The van der Waals surface area contributed by atoms with Crippen molar-refractivity contribution in [3.63, 3.8) is 0 Å². The van der Waals surface area contributed by atoms with Crippen molar-refractivity contribution in [3.8, 4) is 0 Å². The Morgan fingerprint density at radius 2 is 1.50 bits per heavy atom. The zero-order chi connectivity index (χ0) is 18.9. The first-order chi connectivity index (χ1) is 12.5. The molecular weight excluding hydrogens is 336 g/mol. The highest BCUT2D eigenvalue weighted by molar-refractivity contribution is 5.97. The van der Waals surface area contributed by atoms with Gasteiger partial charge in [-0.3, -0.25) is 9.59 Å². The first-order valence-electron chi connectivity index (χ1n) is 8.00. The van der Waals surface area contributed by atoms with E-state index in [4.69, 9.17) is 15.6 Å². The highest BCUT2D eigenvalue weighted by Crippen LogP contribution is 2.08. The second kappa shape index (κ2) is 9.33. The van der Waals surface area contributed by atoms with Crippen molar-refractivity contribution in [2.45, 2.75) is 19.1 Å². The largest absolute Gasteiger partial charge is 0.480 e. The summed E-state index contributed by atoms with van der Waals surface area (Å²) in [6.45, 7) is -0.883. The minimum absolute atomic E-state index is 0.0724. The number of hydrogen-bond donors (Lipinski definition) is 2. The van der Waals surface area contributed by atoms with E-state index < -0.39 is 30.6 Å². The van der Waals surface area contributed by atoms with E-state index in [0.29, 0.717) is 4.90 Å². The SMILES string of the molecule is N[C@@H](Cc1ccccc1)C(=O)N(CC(=O)O)C(=O)OCc1ccccc1. The number of amides is 2. The van der Waals surface area contributed by atoms with Crippen LogP contribution in [0.4, 0.5) is 4.79 Å². The van der Waals surface area contributed by atoms with Gasteiger partial charge in [-0.25, -0.2) is 9.69 Å². The Morgan fingerprint density at radius 1 is 0.962 bits per heavy atom. The summed E-state index contributed by atoms with van der Waals surface area (Å²) in [6.07, 6.45) is -0.855. The number of nitrogens with two attached hydrogens (primary N) is 1. The number of benzene rings is 2. The van der Waals surface area contributed by atoms with Crippen molar-refractivity contribution in [1.82, 2.24) is 4.90 Å². The Balaban J connectivity index is 2.03. The summed E-state index contributed by atoms with van der Waals surface area (Å²) in [6, 6.07) is 16.8. The Morgan fingerprint density at radius 3 is 2.04 bits per heavy atom. The molecule has 2 aromatic carbocycles. The molecule has 7 heteroatoms. The van der Waals surface area contributed by atoms with Crippen LogP contribution in [0.25, 0.3) is 0 Å². The molecule has 0 aromatic heterocycles. The molecule has 0 fully saturated rings. The molecule has 2 aromatic rings. The molecule has 0 aliphatic carbocycles. The number of nitrogens with zero attached hydrogens (tertiary/aromatic N) is 1. The molecule has 2 rings (SSSR count). The average Bonchev–Trinajstić information content (AvgIpc) is 2.65. The van der Waals surface area contributed by atoms with Crippen LogP contribution in [0.5, 0.6) is 0 Å². The summed E-state index contributed by atoms with van der Waals surface area (Å²) < 4.78 is 5.06. The lowest BCUT2D eigenvalue weighted by Crippen LogP contribution is -2.49. The van der Waals surface area contributed by atoms with Crippen LogP contribution in [0.2, 0.25) is 0 Å². The van der Waals surface area contributed by atoms with E-state index >= 15 is 0 Å². The lowest BCUT2D eigenvalue weighted by Gasteiger charge is -2.22. The summed E-state index contributed by atoms with van der Waals surface area (Å²) in [5, 5.41) is 9.00. The third kappa shape index (κ3) is 5.71. The van der Waals surface area contributed by atoms with Crippen LogP contribution < -0.4 is 5.73 Å². The number of carboxylic acid groups (broad SMARTS) is 1. The second-order valence-electron chi connectivity index (χ2n) is 5.65. The smallest absolute Gasteiger partial charge is 0.417 e. The average molecular weight is 356 g/mol. The van der Waals surface area contributed by atoms with E-state index in [2.05, 4.69) is 0 Å². The fourth-order valence-electron chi connectivity index (χ4n) is 2.32. The van der Waals surface area contributed by atoms with Gasteiger partial charge >= 0.3 is 12.1 Å². The van der Waals surface area contributed by atoms with Crippen LogP contribution in [-0.2, 0) is 27.4 Å². The van der Waals surface area contributed by atoms with Gasteiger partial charge in [0.25, 0.3) is 0 Å². The van der Waals surface area contributed by atoms with Crippen molar-refractivity contribution in [2.75, 3.05) is 6.54 Å². The normalized spacial score (nSPS) is 11.4. The quantitative estimate of drug-likeness (QED) is 0.783. The van der Waals surface area contributed by atoms with Gasteiger partial charge in [0.2, 0.25) is 5.91 Å². The van der Waals surface area contributed by atoms with E-state index in [-0.39, 0.29) is 13.0 Å². The molecule has 7 nitrogen and oxygen atoms in total. The van der Waals surface area contributed by atoms with Crippen LogP contribution in [0.3, 0.4) is 0 Å². The van der Waals surface area contributed by atoms with Gasteiger partial charge in [-0.1, -0.05) is 60.7 Å². The molecule has 0 radical (unpaired) electrons. The maximum Gasteiger partial charge on any atom is 0.417 e. The topological polar surface area (TPSA) is 110 Å². The number of imide groups is 1. The molecule has 26 heavy (non-hydrogen) atoms. The first kappa shape index (κ1) is 19.1. The van der Waals surface area contributed by atoms with Crippen molar-refractivity contribution >= 4 is 18.0 Å². The lowest BCUT2D eigenvalue weighted by atomic mass is 10.1. The first-order valence-corrected chi connectivity index (χ1v) is 8.00. The Hall–Kier alpha value is -3.19. The monoisotopic (exact) mass is 356 g/mol. The summed E-state index contributed by atoms with van der Waals surface area (Å²) in [7, 11) is 0. The minimum atomic E-state index is -1.33. The van der Waals surface area contributed by atoms with Crippen molar-refractivity contribution in [3.05, 3.63) is 71.8 Å². The molecule has 0 unspecified atom stereocenters. The molecule has 136 valence electrons. The van der Waals surface area contributed by atoms with Gasteiger partial charge in [-0.15, -0.1) is 0 Å². The fraction of sp³-hybridized carbons (Fsp3) is 0.211. The molecule has 2 amide bonds. The van der Waals surface area contributed by atoms with Crippen LogP contribution in [0.15, 0.2) is 60.7 Å². The molecule has 0 saturated heterocycles. The molecule has 0 spiro atoms. The summed E-state index contributed by atoms with van der Waals surface area (Å²) in [5.41, 5.74) is 7.41. The van der Waals surface area contributed by atoms with Crippen molar-refractivity contribution in [2.24, 2.45) is 5.73 Å². The second-order valence-corrected chi connectivity index (χ2v) is 5.65. The number of hydrogen-bond acceptors (Lipinski definition) is 5. The van der Waals surface area contributed by atoms with Gasteiger partial charge in [-0.05, 0) is 17.5 Å². The highest BCUT2D eigenvalue weighted by atomic mass is 16.6. The number of rotatable bonds is 7. The number of ether oxygens (including phenoxy) is 1. The molecule has 0 saturated carbocycles. The minimum Gasteiger partial charge on any atom is -0.480 e. The molecule has 0 aliphatic rings. The summed E-state index contributed by atoms with van der Waals surface area (Å²) in [5.74, 6) is -2.13. The molecule has 1 atom stereocenters. The molecule has 0 heterocycles. The lowest BCUT2D eigenvalue weighted by molar-refractivity contribution is -0.143. The van der Waals surface area contributed by atoms with Gasteiger partial charge in [-0.2, -0.15) is 0 Å². The van der Waals surface area contributed by atoms with E-state index in [1.54, 1.807) is 48.5 Å². The molecule has 0 bridgehead atoms. The number of carbonyl (C=O) groups is 3. The Labute approximate surface area is 151 Å². The van der Waals surface area contributed by atoms with Gasteiger partial charge in [0.05, 0.1) is 6.04 Å². The Bertz CT molecular complexity index is 749. The summed E-state index contributed by atoms with van der Waals surface area (Å²) in [4.78, 5) is 36.2. The van der Waals surface area contributed by atoms with Crippen molar-refractivity contribution in [1.29, 1.82) is 0 Å². The van der Waals surface area contributed by atoms with Crippen molar-refractivity contribution < 1.29 is 24.2 Å². The fourth-order valence-corrected chi connectivity index (χ4v) is 2.32. The van der Waals surface area contributed by atoms with Crippen LogP contribution in [0, 0.1) is 0 Å². The molecule has 3 N–H and O–H groups in total. The predicted molar refractivity (Wildman–Crippen MR) is 94.1 cm³/mol. The van der Waals surface area contributed by atoms with Crippen LogP contribution >= 0.6 is 0 Å². The van der Waals surface area contributed by atoms with Gasteiger partial charge in [0.15, 0.2) is 0 Å². The zero-order valence-corrected chi connectivity index (χ0v) is 14.1. The van der Waals surface area contributed by atoms with Crippen LogP contribution in [-0.4, -0.2) is 40.6 Å². The predicted octanol–water partition coefficient (Wildman–Crippen LogP) is 1.81. The standard InChI is InChI=1S/C19H20N2O5/c20-16(11-14-7-3-1-4-8-14)18(24)21(12-17(22)23)19(25)26-13-15-9-5-2-6-10-15/h1-10,16H,11-13,20H2,(H,22,23)/t16-/m0/s1. The maximum absolute atomic E-state index is 12.5. The van der Waals surface area contributed by atoms with Crippen LogP contribution in [0.1, 0.15) is 11.1 Å². The van der Waals surface area contributed by atoms with Gasteiger partial charge < -0.3 is 15.6 Å². The van der Waals surface area contributed by atoms with E-state index in [0.717, 1.165) is 11.1 Å². The highest BCUT2D eigenvalue weighted by Gasteiger charge is 2.29. The van der Waals surface area contributed by atoms with E-state index in [1.807, 2.05) is 12.1 Å². The zero-order valence-electron chi connectivity index (χ0n) is 14.1. The maximum atomic E-state index is 12.5. The third-order valence-electron chi connectivity index (χ3n) is 3.60. The van der Waals surface area contributed by atoms with E-state index in [1.165, 1.54) is 0 Å². The van der Waals surface area contributed by atoms with Gasteiger partial charge in [0.1, 0.15) is 13.2 Å². The third-order valence-corrected chi connectivity index (χ3v) is 3.60. The molecular formula is C19H20N2O5.